The number of nitrogens with one attached hydrogen (secondary N) is 1. The van der Waals surface area contributed by atoms with E-state index in [1.807, 2.05) is 38.2 Å². The second kappa shape index (κ2) is 7.50. The predicted octanol–water partition coefficient (Wildman–Crippen LogP) is 2.62. The molecule has 2 rings (SSSR count). The van der Waals surface area contributed by atoms with Crippen molar-refractivity contribution < 1.29 is 14.2 Å². The molecule has 1 N–H and O–H groups in total. The van der Waals surface area contributed by atoms with Gasteiger partial charge in [0.05, 0.1) is 6.61 Å². The lowest BCUT2D eigenvalue weighted by Gasteiger charge is -2.43. The van der Waals surface area contributed by atoms with Gasteiger partial charge in [-0.15, -0.1) is 0 Å². The van der Waals surface area contributed by atoms with Crippen LogP contribution in [0, 0.1) is 0 Å². The smallest absolute Gasteiger partial charge is 0.161 e. The van der Waals surface area contributed by atoms with Gasteiger partial charge < -0.3 is 19.5 Å². The molecule has 112 valence electrons. The fourth-order valence-electron chi connectivity index (χ4n) is 2.44. The number of rotatable bonds is 8. The molecule has 1 aromatic rings. The third-order valence-electron chi connectivity index (χ3n) is 3.56. The van der Waals surface area contributed by atoms with Crippen molar-refractivity contribution in [3.63, 3.8) is 0 Å². The average Bonchev–Trinajstić information content (AvgIpc) is 2.45. The third kappa shape index (κ3) is 3.44. The average molecular weight is 279 g/mol. The number of para-hydroxylation sites is 2. The molecule has 1 aliphatic rings. The van der Waals surface area contributed by atoms with Crippen LogP contribution in [0.5, 0.6) is 11.5 Å². The molecule has 0 spiro atoms. The number of hydrogen-bond acceptors (Lipinski definition) is 4. The van der Waals surface area contributed by atoms with Crippen LogP contribution in [-0.2, 0) is 4.74 Å². The van der Waals surface area contributed by atoms with Crippen LogP contribution >= 0.6 is 0 Å². The molecule has 0 saturated heterocycles. The standard InChI is InChI=1S/C16H25NO3/c1-4-10-19-16-12(17-3)11-15(16)20-14-9-7-6-8-13(14)18-5-2/h6-9,12,15-17H,4-5,10-11H2,1-3H3. The molecule has 1 aromatic carbocycles. The van der Waals surface area contributed by atoms with Crippen LogP contribution < -0.4 is 14.8 Å². The Morgan fingerprint density at radius 3 is 2.60 bits per heavy atom. The van der Waals surface area contributed by atoms with Gasteiger partial charge in [-0.2, -0.15) is 0 Å². The fraction of sp³-hybridized carbons (Fsp3) is 0.625. The van der Waals surface area contributed by atoms with Crippen molar-refractivity contribution in [3.05, 3.63) is 24.3 Å². The Balaban J connectivity index is 1.98. The van der Waals surface area contributed by atoms with Gasteiger partial charge in [0.25, 0.3) is 0 Å². The molecule has 0 bridgehead atoms. The molecule has 20 heavy (non-hydrogen) atoms. The quantitative estimate of drug-likeness (QED) is 0.794. The van der Waals surface area contributed by atoms with E-state index >= 15 is 0 Å². The maximum absolute atomic E-state index is 6.09. The van der Waals surface area contributed by atoms with Gasteiger partial charge in [-0.05, 0) is 32.5 Å². The summed E-state index contributed by atoms with van der Waals surface area (Å²) in [6, 6.07) is 8.20. The molecule has 4 nitrogen and oxygen atoms in total. The molecular weight excluding hydrogens is 254 g/mol. The Kier molecular flexibility index (Phi) is 5.68. The fourth-order valence-corrected chi connectivity index (χ4v) is 2.44. The molecule has 1 fully saturated rings. The van der Waals surface area contributed by atoms with Gasteiger partial charge in [0.2, 0.25) is 0 Å². The topological polar surface area (TPSA) is 39.7 Å². The first-order valence-corrected chi connectivity index (χ1v) is 7.47. The molecule has 1 saturated carbocycles. The molecule has 0 radical (unpaired) electrons. The van der Waals surface area contributed by atoms with Crippen molar-refractivity contribution in [1.29, 1.82) is 0 Å². The highest BCUT2D eigenvalue weighted by molar-refractivity contribution is 5.39. The summed E-state index contributed by atoms with van der Waals surface area (Å²) in [5.74, 6) is 1.61. The summed E-state index contributed by atoms with van der Waals surface area (Å²) in [7, 11) is 1.97. The summed E-state index contributed by atoms with van der Waals surface area (Å²) in [6.45, 7) is 5.51. The highest BCUT2D eigenvalue weighted by Gasteiger charge is 2.43. The van der Waals surface area contributed by atoms with E-state index in [1.165, 1.54) is 0 Å². The molecule has 1 aliphatic carbocycles. The van der Waals surface area contributed by atoms with Crippen molar-refractivity contribution in [1.82, 2.24) is 5.32 Å². The lowest BCUT2D eigenvalue weighted by molar-refractivity contribution is -0.106. The van der Waals surface area contributed by atoms with E-state index in [9.17, 15) is 0 Å². The monoisotopic (exact) mass is 279 g/mol. The van der Waals surface area contributed by atoms with Crippen LogP contribution in [-0.4, -0.2) is 38.5 Å². The Labute approximate surface area is 121 Å². The number of hydrogen-bond donors (Lipinski definition) is 1. The number of likely N-dealkylation sites (N-methyl/N-ethyl adjacent to an activating group) is 1. The van der Waals surface area contributed by atoms with E-state index in [4.69, 9.17) is 14.2 Å². The summed E-state index contributed by atoms with van der Waals surface area (Å²) in [4.78, 5) is 0. The zero-order chi connectivity index (χ0) is 14.4. The van der Waals surface area contributed by atoms with Crippen molar-refractivity contribution in [2.75, 3.05) is 20.3 Å². The highest BCUT2D eigenvalue weighted by atomic mass is 16.6. The molecule has 3 unspecified atom stereocenters. The van der Waals surface area contributed by atoms with Gasteiger partial charge in [0.1, 0.15) is 12.2 Å². The molecule has 0 aliphatic heterocycles. The minimum atomic E-state index is 0.0978. The summed E-state index contributed by atoms with van der Waals surface area (Å²) in [6.07, 6.45) is 2.20. The SMILES string of the molecule is CCCOC1C(NC)CC1Oc1ccccc1OCC. The first-order chi connectivity index (χ1) is 9.80. The van der Waals surface area contributed by atoms with Crippen LogP contribution in [0.2, 0.25) is 0 Å². The van der Waals surface area contributed by atoms with Crippen molar-refractivity contribution in [3.8, 4) is 11.5 Å². The summed E-state index contributed by atoms with van der Waals surface area (Å²) >= 11 is 0. The van der Waals surface area contributed by atoms with Gasteiger partial charge in [0, 0.05) is 19.1 Å². The van der Waals surface area contributed by atoms with Crippen molar-refractivity contribution in [2.45, 2.75) is 44.9 Å². The normalized spacial score (nSPS) is 25.1. The van der Waals surface area contributed by atoms with Gasteiger partial charge in [-0.25, -0.2) is 0 Å². The summed E-state index contributed by atoms with van der Waals surface area (Å²) < 4.78 is 17.6. The van der Waals surface area contributed by atoms with Crippen LogP contribution in [0.3, 0.4) is 0 Å². The number of ether oxygens (including phenoxy) is 3. The van der Waals surface area contributed by atoms with Crippen molar-refractivity contribution in [2.24, 2.45) is 0 Å². The molecular formula is C16H25NO3. The Morgan fingerprint density at radius 2 is 1.95 bits per heavy atom. The van der Waals surface area contributed by atoms with E-state index < -0.39 is 0 Å². The Morgan fingerprint density at radius 1 is 1.20 bits per heavy atom. The highest BCUT2D eigenvalue weighted by Crippen LogP contribution is 2.33. The van der Waals surface area contributed by atoms with Crippen LogP contribution in [0.4, 0.5) is 0 Å². The van der Waals surface area contributed by atoms with Crippen LogP contribution in [0.25, 0.3) is 0 Å². The summed E-state index contributed by atoms with van der Waals surface area (Å²) in [5.41, 5.74) is 0. The lowest BCUT2D eigenvalue weighted by atomic mass is 9.85. The van der Waals surface area contributed by atoms with Gasteiger partial charge in [-0.3, -0.25) is 0 Å². The van der Waals surface area contributed by atoms with E-state index in [-0.39, 0.29) is 12.2 Å². The predicted molar refractivity (Wildman–Crippen MR) is 79.5 cm³/mol. The van der Waals surface area contributed by atoms with E-state index in [2.05, 4.69) is 12.2 Å². The molecule has 3 atom stereocenters. The number of benzene rings is 1. The van der Waals surface area contributed by atoms with Gasteiger partial charge >= 0.3 is 0 Å². The first-order valence-electron chi connectivity index (χ1n) is 7.47. The minimum Gasteiger partial charge on any atom is -0.490 e. The van der Waals surface area contributed by atoms with E-state index in [1.54, 1.807) is 0 Å². The largest absolute Gasteiger partial charge is 0.490 e. The molecule has 0 amide bonds. The second-order valence-corrected chi connectivity index (χ2v) is 5.00. The first kappa shape index (κ1) is 15.1. The lowest BCUT2D eigenvalue weighted by Crippen LogP contribution is -2.60. The maximum atomic E-state index is 6.09. The Bertz CT molecular complexity index is 410. The Hall–Kier alpha value is -1.26. The van der Waals surface area contributed by atoms with E-state index in [0.29, 0.717) is 12.6 Å². The third-order valence-corrected chi connectivity index (χ3v) is 3.56. The molecule has 0 aromatic heterocycles. The maximum Gasteiger partial charge on any atom is 0.161 e. The molecule has 4 heteroatoms. The van der Waals surface area contributed by atoms with Crippen LogP contribution in [0.1, 0.15) is 26.7 Å². The van der Waals surface area contributed by atoms with E-state index in [0.717, 1.165) is 30.9 Å². The molecule has 0 heterocycles. The van der Waals surface area contributed by atoms with Crippen LogP contribution in [0.15, 0.2) is 24.3 Å². The summed E-state index contributed by atoms with van der Waals surface area (Å²) in [5, 5.41) is 3.28. The zero-order valence-electron chi connectivity index (χ0n) is 12.6. The second-order valence-electron chi connectivity index (χ2n) is 5.00. The van der Waals surface area contributed by atoms with Crippen molar-refractivity contribution >= 4 is 0 Å². The van der Waals surface area contributed by atoms with Gasteiger partial charge in [0.15, 0.2) is 11.5 Å². The zero-order valence-corrected chi connectivity index (χ0v) is 12.6. The minimum absolute atomic E-state index is 0.0978. The van der Waals surface area contributed by atoms with Gasteiger partial charge in [-0.1, -0.05) is 19.1 Å².